The Hall–Kier alpha value is -0.0400. The van der Waals surface area contributed by atoms with Gasteiger partial charge < -0.3 is 4.90 Å². The molecule has 1 aliphatic carbocycles. The predicted molar refractivity (Wildman–Crippen MR) is 63.4 cm³/mol. The van der Waals surface area contributed by atoms with Gasteiger partial charge in [0.25, 0.3) is 0 Å². The lowest BCUT2D eigenvalue weighted by atomic mass is 9.82. The number of hydrogen-bond donors (Lipinski definition) is 0. The van der Waals surface area contributed by atoms with Crippen molar-refractivity contribution in [3.8, 4) is 0 Å². The molecule has 2 unspecified atom stereocenters. The van der Waals surface area contributed by atoms with E-state index in [0.717, 1.165) is 17.9 Å². The zero-order chi connectivity index (χ0) is 10.9. The molecule has 1 nitrogen and oxygen atoms in total. The third kappa shape index (κ3) is 2.73. The van der Waals surface area contributed by atoms with E-state index in [-0.39, 0.29) is 0 Å². The summed E-state index contributed by atoms with van der Waals surface area (Å²) in [6, 6.07) is 0.853. The first-order valence-electron chi connectivity index (χ1n) is 6.05. The van der Waals surface area contributed by atoms with Gasteiger partial charge in [0.2, 0.25) is 0 Å². The summed E-state index contributed by atoms with van der Waals surface area (Å²) in [6.45, 7) is 9.54. The summed E-state index contributed by atoms with van der Waals surface area (Å²) in [5.74, 6) is 1.87. The molecule has 1 fully saturated rings. The van der Waals surface area contributed by atoms with Crippen molar-refractivity contribution in [2.75, 3.05) is 14.1 Å². The SMILES string of the molecule is CCCC(C)(C)C[C@H]1C(C)C1N(C)C. The molecule has 0 radical (unpaired) electrons. The predicted octanol–water partition coefficient (Wildman–Crippen LogP) is 3.40. The van der Waals surface area contributed by atoms with E-state index in [4.69, 9.17) is 0 Å². The molecule has 0 aliphatic heterocycles. The van der Waals surface area contributed by atoms with Gasteiger partial charge in [0.05, 0.1) is 0 Å². The average Bonchev–Trinajstić information content (AvgIpc) is 2.59. The quantitative estimate of drug-likeness (QED) is 0.653. The highest BCUT2D eigenvalue weighted by molar-refractivity contribution is 5.02. The maximum absolute atomic E-state index is 2.42. The van der Waals surface area contributed by atoms with Crippen molar-refractivity contribution in [3.63, 3.8) is 0 Å². The lowest BCUT2D eigenvalue weighted by molar-refractivity contribution is 0.265. The first-order chi connectivity index (χ1) is 6.39. The Morgan fingerprint density at radius 1 is 1.21 bits per heavy atom. The van der Waals surface area contributed by atoms with Crippen LogP contribution < -0.4 is 0 Å². The zero-order valence-corrected chi connectivity index (χ0v) is 10.8. The smallest absolute Gasteiger partial charge is 0.0150 e. The van der Waals surface area contributed by atoms with E-state index >= 15 is 0 Å². The molecule has 0 aromatic rings. The van der Waals surface area contributed by atoms with Gasteiger partial charge in [-0.15, -0.1) is 0 Å². The van der Waals surface area contributed by atoms with Crippen LogP contribution in [0.25, 0.3) is 0 Å². The van der Waals surface area contributed by atoms with Gasteiger partial charge >= 0.3 is 0 Å². The third-order valence-electron chi connectivity index (χ3n) is 3.82. The molecule has 14 heavy (non-hydrogen) atoms. The molecule has 0 aromatic carbocycles. The summed E-state index contributed by atoms with van der Waals surface area (Å²) in [5.41, 5.74) is 0.554. The minimum Gasteiger partial charge on any atom is -0.306 e. The molecule has 0 bridgehead atoms. The fraction of sp³-hybridized carbons (Fsp3) is 1.00. The second-order valence-electron chi connectivity index (χ2n) is 6.10. The highest BCUT2D eigenvalue weighted by atomic mass is 15.1. The first-order valence-corrected chi connectivity index (χ1v) is 6.05. The first kappa shape index (κ1) is 12.0. The van der Waals surface area contributed by atoms with Crippen molar-refractivity contribution in [2.24, 2.45) is 17.3 Å². The molecule has 0 N–H and O–H groups in total. The van der Waals surface area contributed by atoms with Crippen molar-refractivity contribution >= 4 is 0 Å². The van der Waals surface area contributed by atoms with Crippen LogP contribution in [0.1, 0.15) is 47.0 Å². The van der Waals surface area contributed by atoms with Gasteiger partial charge in [-0.3, -0.25) is 0 Å². The Bertz CT molecular complexity index is 184. The molecule has 1 aliphatic rings. The third-order valence-corrected chi connectivity index (χ3v) is 3.82. The number of hydrogen-bond acceptors (Lipinski definition) is 1. The van der Waals surface area contributed by atoms with Gasteiger partial charge in [0.15, 0.2) is 0 Å². The van der Waals surface area contributed by atoms with Gasteiger partial charge in [0.1, 0.15) is 0 Å². The topological polar surface area (TPSA) is 3.24 Å². The van der Waals surface area contributed by atoms with Gasteiger partial charge in [-0.2, -0.15) is 0 Å². The summed E-state index contributed by atoms with van der Waals surface area (Å²) in [7, 11) is 4.43. The van der Waals surface area contributed by atoms with Gasteiger partial charge in [-0.05, 0) is 44.2 Å². The molecule has 0 heterocycles. The van der Waals surface area contributed by atoms with E-state index in [9.17, 15) is 0 Å². The van der Waals surface area contributed by atoms with Gasteiger partial charge in [0, 0.05) is 6.04 Å². The average molecular weight is 197 g/mol. The maximum atomic E-state index is 2.42. The van der Waals surface area contributed by atoms with Crippen molar-refractivity contribution in [3.05, 3.63) is 0 Å². The van der Waals surface area contributed by atoms with Crippen LogP contribution in [0.15, 0.2) is 0 Å². The van der Waals surface area contributed by atoms with Crippen LogP contribution >= 0.6 is 0 Å². The normalized spacial score (nSPS) is 32.4. The number of nitrogens with zero attached hydrogens (tertiary/aromatic N) is 1. The molecule has 84 valence electrons. The Kier molecular flexibility index (Phi) is 3.63. The van der Waals surface area contributed by atoms with E-state index in [1.807, 2.05) is 0 Å². The highest BCUT2D eigenvalue weighted by Crippen LogP contribution is 2.49. The Morgan fingerprint density at radius 2 is 1.79 bits per heavy atom. The van der Waals surface area contributed by atoms with Crippen molar-refractivity contribution in [2.45, 2.75) is 53.0 Å². The lowest BCUT2D eigenvalue weighted by Gasteiger charge is -2.24. The fourth-order valence-corrected chi connectivity index (χ4v) is 3.10. The van der Waals surface area contributed by atoms with Crippen LogP contribution in [0, 0.1) is 17.3 Å². The largest absolute Gasteiger partial charge is 0.306 e. The second-order valence-corrected chi connectivity index (χ2v) is 6.10. The number of rotatable bonds is 5. The molecule has 3 atom stereocenters. The fourth-order valence-electron chi connectivity index (χ4n) is 3.10. The Balaban J connectivity index is 2.39. The zero-order valence-electron chi connectivity index (χ0n) is 10.8. The van der Waals surface area contributed by atoms with Gasteiger partial charge in [-0.1, -0.05) is 34.1 Å². The second kappa shape index (κ2) is 4.22. The standard InChI is InChI=1S/C13H27N/c1-7-8-13(3,4)9-11-10(2)12(11)14(5)6/h10-12H,7-9H2,1-6H3/t10?,11-,12?/m0/s1. The summed E-state index contributed by atoms with van der Waals surface area (Å²) in [6.07, 6.45) is 4.10. The molecule has 0 amide bonds. The van der Waals surface area contributed by atoms with Crippen LogP contribution in [0.4, 0.5) is 0 Å². The minimum atomic E-state index is 0.554. The molecule has 1 rings (SSSR count). The molecule has 1 saturated carbocycles. The van der Waals surface area contributed by atoms with Crippen molar-refractivity contribution < 1.29 is 0 Å². The van der Waals surface area contributed by atoms with Crippen LogP contribution in [0.2, 0.25) is 0 Å². The lowest BCUT2D eigenvalue weighted by Crippen LogP contribution is -2.19. The molecular weight excluding hydrogens is 170 g/mol. The summed E-state index contributed by atoms with van der Waals surface area (Å²) in [5, 5.41) is 0. The van der Waals surface area contributed by atoms with E-state index in [0.29, 0.717) is 5.41 Å². The minimum absolute atomic E-state index is 0.554. The van der Waals surface area contributed by atoms with Crippen molar-refractivity contribution in [1.82, 2.24) is 4.90 Å². The molecule has 0 aromatic heterocycles. The molecule has 0 spiro atoms. The van der Waals surface area contributed by atoms with Crippen LogP contribution in [0.5, 0.6) is 0 Å². The summed E-state index contributed by atoms with van der Waals surface area (Å²) >= 11 is 0. The van der Waals surface area contributed by atoms with Crippen LogP contribution in [-0.2, 0) is 0 Å². The summed E-state index contributed by atoms with van der Waals surface area (Å²) in [4.78, 5) is 2.40. The molecule has 1 heteroatoms. The highest BCUT2D eigenvalue weighted by Gasteiger charge is 2.49. The Morgan fingerprint density at radius 3 is 2.14 bits per heavy atom. The monoisotopic (exact) mass is 197 g/mol. The van der Waals surface area contributed by atoms with Crippen molar-refractivity contribution in [1.29, 1.82) is 0 Å². The van der Waals surface area contributed by atoms with Crippen LogP contribution in [-0.4, -0.2) is 25.0 Å². The molecule has 0 saturated heterocycles. The van der Waals surface area contributed by atoms with E-state index in [1.165, 1.54) is 19.3 Å². The van der Waals surface area contributed by atoms with Gasteiger partial charge in [-0.25, -0.2) is 0 Å². The summed E-state index contributed by atoms with van der Waals surface area (Å²) < 4.78 is 0. The maximum Gasteiger partial charge on any atom is 0.0150 e. The molecular formula is C13H27N. The van der Waals surface area contributed by atoms with E-state index in [2.05, 4.69) is 46.7 Å². The van der Waals surface area contributed by atoms with Crippen LogP contribution in [0.3, 0.4) is 0 Å². The van der Waals surface area contributed by atoms with E-state index in [1.54, 1.807) is 0 Å². The Labute approximate surface area is 89.9 Å². The van der Waals surface area contributed by atoms with E-state index < -0.39 is 0 Å².